The van der Waals surface area contributed by atoms with Gasteiger partial charge in [0, 0.05) is 18.1 Å². The van der Waals surface area contributed by atoms with Gasteiger partial charge in [-0.1, -0.05) is 48.5 Å². The monoisotopic (exact) mass is 449 g/mol. The molecule has 0 saturated heterocycles. The van der Waals surface area contributed by atoms with Crippen LogP contribution in [0.15, 0.2) is 96.0 Å². The number of hydrogen-bond acceptors (Lipinski definition) is 4. The lowest BCUT2D eigenvalue weighted by Crippen LogP contribution is -2.40. The maximum absolute atomic E-state index is 13.5. The molecule has 1 amide bonds. The number of halogens is 1. The summed E-state index contributed by atoms with van der Waals surface area (Å²) >= 11 is 0. The summed E-state index contributed by atoms with van der Waals surface area (Å²) in [7, 11) is -4.05. The SMILES string of the molecule is O=C(CN(c1cccc2cccnc12)S(=O)(=O)c1ccccc1)NCc1ccc(F)cc1. The lowest BCUT2D eigenvalue weighted by atomic mass is 10.2. The van der Waals surface area contributed by atoms with E-state index in [1.807, 2.05) is 12.1 Å². The molecule has 162 valence electrons. The van der Waals surface area contributed by atoms with Gasteiger partial charge in [0.15, 0.2) is 0 Å². The molecule has 1 aromatic heterocycles. The molecule has 32 heavy (non-hydrogen) atoms. The smallest absolute Gasteiger partial charge is 0.264 e. The van der Waals surface area contributed by atoms with Crippen LogP contribution in [0.3, 0.4) is 0 Å². The third kappa shape index (κ3) is 4.60. The molecule has 0 atom stereocenters. The number of benzene rings is 3. The lowest BCUT2D eigenvalue weighted by molar-refractivity contribution is -0.119. The number of anilines is 1. The highest BCUT2D eigenvalue weighted by Crippen LogP contribution is 2.29. The number of carbonyl (C=O) groups is 1. The van der Waals surface area contributed by atoms with Gasteiger partial charge in [-0.25, -0.2) is 12.8 Å². The molecule has 3 aromatic carbocycles. The van der Waals surface area contributed by atoms with Crippen molar-refractivity contribution in [3.05, 3.63) is 103 Å². The molecular formula is C24H20FN3O3S. The minimum atomic E-state index is -4.05. The van der Waals surface area contributed by atoms with Crippen LogP contribution in [0.4, 0.5) is 10.1 Å². The van der Waals surface area contributed by atoms with Crippen LogP contribution in [-0.2, 0) is 21.4 Å². The Morgan fingerprint density at radius 1 is 0.906 bits per heavy atom. The highest BCUT2D eigenvalue weighted by Gasteiger charge is 2.28. The van der Waals surface area contributed by atoms with Crippen molar-refractivity contribution >= 4 is 32.5 Å². The zero-order valence-corrected chi connectivity index (χ0v) is 17.8. The molecule has 0 saturated carbocycles. The number of pyridine rings is 1. The molecule has 0 spiro atoms. The summed E-state index contributed by atoms with van der Waals surface area (Å²) in [4.78, 5) is 17.2. The quantitative estimate of drug-likeness (QED) is 0.464. The third-order valence-electron chi connectivity index (χ3n) is 4.90. The predicted molar refractivity (Wildman–Crippen MR) is 121 cm³/mol. The van der Waals surface area contributed by atoms with E-state index in [4.69, 9.17) is 0 Å². The minimum Gasteiger partial charge on any atom is -0.350 e. The van der Waals surface area contributed by atoms with E-state index < -0.39 is 22.5 Å². The second kappa shape index (κ2) is 9.15. The molecule has 6 nitrogen and oxygen atoms in total. The largest absolute Gasteiger partial charge is 0.350 e. The molecule has 0 aliphatic rings. The van der Waals surface area contributed by atoms with E-state index in [0.29, 0.717) is 16.8 Å². The average molecular weight is 450 g/mol. The molecule has 4 rings (SSSR count). The van der Waals surface area contributed by atoms with Crippen molar-refractivity contribution in [1.82, 2.24) is 10.3 Å². The van der Waals surface area contributed by atoms with Gasteiger partial charge in [0.25, 0.3) is 10.0 Å². The number of sulfonamides is 1. The fraction of sp³-hybridized carbons (Fsp3) is 0.0833. The highest BCUT2D eigenvalue weighted by atomic mass is 32.2. The van der Waals surface area contributed by atoms with E-state index in [1.54, 1.807) is 54.7 Å². The van der Waals surface area contributed by atoms with Crippen molar-refractivity contribution in [3.8, 4) is 0 Å². The van der Waals surface area contributed by atoms with E-state index in [-0.39, 0.29) is 17.3 Å². The number of para-hydroxylation sites is 1. The van der Waals surface area contributed by atoms with Crippen LogP contribution in [0.1, 0.15) is 5.56 Å². The van der Waals surface area contributed by atoms with Gasteiger partial charge in [0.05, 0.1) is 16.1 Å². The van der Waals surface area contributed by atoms with E-state index in [0.717, 1.165) is 9.69 Å². The molecule has 0 aliphatic carbocycles. The number of fused-ring (bicyclic) bond motifs is 1. The van der Waals surface area contributed by atoms with Crippen molar-refractivity contribution < 1.29 is 17.6 Å². The molecule has 0 unspecified atom stereocenters. The van der Waals surface area contributed by atoms with Crippen LogP contribution in [0.2, 0.25) is 0 Å². The first-order valence-electron chi connectivity index (χ1n) is 9.88. The molecule has 8 heteroatoms. The van der Waals surface area contributed by atoms with Gasteiger partial charge in [-0.05, 0) is 42.0 Å². The normalized spacial score (nSPS) is 11.3. The van der Waals surface area contributed by atoms with Crippen molar-refractivity contribution in [1.29, 1.82) is 0 Å². The minimum absolute atomic E-state index is 0.0688. The summed E-state index contributed by atoms with van der Waals surface area (Å²) in [6, 6.07) is 22.4. The summed E-state index contributed by atoms with van der Waals surface area (Å²) in [6.07, 6.45) is 1.58. The zero-order valence-electron chi connectivity index (χ0n) is 17.0. The number of rotatable bonds is 7. The molecule has 0 bridgehead atoms. The molecule has 0 aliphatic heterocycles. The molecular weight excluding hydrogens is 429 g/mol. The first kappa shape index (κ1) is 21.5. The maximum atomic E-state index is 13.5. The number of hydrogen-bond donors (Lipinski definition) is 1. The van der Waals surface area contributed by atoms with E-state index >= 15 is 0 Å². The topological polar surface area (TPSA) is 79.4 Å². The number of nitrogens with one attached hydrogen (secondary N) is 1. The van der Waals surface area contributed by atoms with Gasteiger partial charge in [0.1, 0.15) is 12.4 Å². The van der Waals surface area contributed by atoms with Crippen molar-refractivity contribution in [2.24, 2.45) is 0 Å². The fourth-order valence-electron chi connectivity index (χ4n) is 3.30. The summed E-state index contributed by atoms with van der Waals surface area (Å²) in [6.45, 7) is -0.291. The Hall–Kier alpha value is -3.78. The van der Waals surface area contributed by atoms with Crippen LogP contribution in [0, 0.1) is 5.82 Å². The molecule has 0 radical (unpaired) electrons. The second-order valence-electron chi connectivity index (χ2n) is 7.08. The van der Waals surface area contributed by atoms with E-state index in [9.17, 15) is 17.6 Å². The Morgan fingerprint density at radius 3 is 2.38 bits per heavy atom. The first-order chi connectivity index (χ1) is 15.4. The van der Waals surface area contributed by atoms with Crippen LogP contribution in [0.5, 0.6) is 0 Å². The lowest BCUT2D eigenvalue weighted by Gasteiger charge is -2.25. The van der Waals surface area contributed by atoms with Gasteiger partial charge in [-0.3, -0.25) is 14.1 Å². The number of carbonyl (C=O) groups excluding carboxylic acids is 1. The van der Waals surface area contributed by atoms with Crippen molar-refractivity contribution in [3.63, 3.8) is 0 Å². The molecule has 1 N–H and O–H groups in total. The number of amides is 1. The van der Waals surface area contributed by atoms with Gasteiger partial charge >= 0.3 is 0 Å². The maximum Gasteiger partial charge on any atom is 0.264 e. The Bertz CT molecular complexity index is 1340. The Morgan fingerprint density at radius 2 is 1.62 bits per heavy atom. The highest BCUT2D eigenvalue weighted by molar-refractivity contribution is 7.92. The number of aromatic nitrogens is 1. The van der Waals surface area contributed by atoms with Crippen LogP contribution < -0.4 is 9.62 Å². The van der Waals surface area contributed by atoms with Crippen molar-refractivity contribution in [2.75, 3.05) is 10.8 Å². The van der Waals surface area contributed by atoms with E-state index in [1.165, 1.54) is 24.3 Å². The summed E-state index contributed by atoms with van der Waals surface area (Å²) in [5.74, 6) is -0.870. The predicted octanol–water partition coefficient (Wildman–Crippen LogP) is 3.89. The van der Waals surface area contributed by atoms with Gasteiger partial charge in [-0.15, -0.1) is 0 Å². The van der Waals surface area contributed by atoms with Crippen LogP contribution in [0.25, 0.3) is 10.9 Å². The Kier molecular flexibility index (Phi) is 6.13. The number of nitrogens with zero attached hydrogens (tertiary/aromatic N) is 2. The summed E-state index contributed by atoms with van der Waals surface area (Å²) in [5, 5.41) is 3.46. The summed E-state index contributed by atoms with van der Waals surface area (Å²) < 4.78 is 41.2. The zero-order chi connectivity index (χ0) is 22.6. The molecule has 0 fully saturated rings. The van der Waals surface area contributed by atoms with Crippen LogP contribution >= 0.6 is 0 Å². The van der Waals surface area contributed by atoms with Gasteiger partial charge in [-0.2, -0.15) is 0 Å². The fourth-order valence-corrected chi connectivity index (χ4v) is 4.75. The van der Waals surface area contributed by atoms with E-state index in [2.05, 4.69) is 10.3 Å². The van der Waals surface area contributed by atoms with Crippen LogP contribution in [-0.4, -0.2) is 25.9 Å². The Labute approximate surface area is 185 Å². The molecule has 1 heterocycles. The van der Waals surface area contributed by atoms with Crippen molar-refractivity contribution in [2.45, 2.75) is 11.4 Å². The standard InChI is InChI=1S/C24H20FN3O3S/c25-20-13-11-18(12-14-20)16-27-23(29)17-28(32(30,31)21-8-2-1-3-9-21)22-10-4-6-19-7-5-15-26-24(19)22/h1-15H,16-17H2,(H,27,29). The Balaban J connectivity index is 1.68. The summed E-state index contributed by atoms with van der Waals surface area (Å²) in [5.41, 5.74) is 1.48. The second-order valence-corrected chi connectivity index (χ2v) is 8.94. The van der Waals surface area contributed by atoms with Gasteiger partial charge < -0.3 is 5.32 Å². The first-order valence-corrected chi connectivity index (χ1v) is 11.3. The third-order valence-corrected chi connectivity index (χ3v) is 6.68. The molecule has 4 aromatic rings. The average Bonchev–Trinajstić information content (AvgIpc) is 2.82. The van der Waals surface area contributed by atoms with Gasteiger partial charge in [0.2, 0.25) is 5.91 Å².